The Kier molecular flexibility index (Phi) is 7.93. The van der Waals surface area contributed by atoms with E-state index in [0.717, 1.165) is 5.56 Å². The van der Waals surface area contributed by atoms with Gasteiger partial charge in [-0.05, 0) is 48.7 Å². The summed E-state index contributed by atoms with van der Waals surface area (Å²) in [5.41, 5.74) is 8.95. The number of benzene rings is 3. The highest BCUT2D eigenvalue weighted by Gasteiger charge is 2.15. The van der Waals surface area contributed by atoms with E-state index in [9.17, 15) is 20.0 Å². The van der Waals surface area contributed by atoms with Crippen molar-refractivity contribution in [2.24, 2.45) is 0 Å². The third kappa shape index (κ3) is 6.14. The molecule has 3 aromatic rings. The first-order chi connectivity index (χ1) is 15.5. The number of hydrogen-bond donors (Lipinski definition) is 5. The Labute approximate surface area is 186 Å². The highest BCUT2D eigenvalue weighted by atomic mass is 16.8. The van der Waals surface area contributed by atoms with Crippen molar-refractivity contribution in [3.8, 4) is 0 Å². The molecule has 3 rings (SSSR count). The van der Waals surface area contributed by atoms with Gasteiger partial charge in [-0.1, -0.05) is 36.4 Å². The van der Waals surface area contributed by atoms with Gasteiger partial charge in [0.15, 0.2) is 5.69 Å². The predicted molar refractivity (Wildman–Crippen MR) is 122 cm³/mol. The quantitative estimate of drug-likeness (QED) is 0.258. The van der Waals surface area contributed by atoms with Crippen molar-refractivity contribution in [1.82, 2.24) is 10.6 Å². The molecule has 1 unspecified atom stereocenters. The Hall–Kier alpha value is -3.72. The molecule has 1 atom stereocenters. The molecule has 0 radical (unpaired) electrons. The summed E-state index contributed by atoms with van der Waals surface area (Å²) in [7, 11) is 0. The van der Waals surface area contributed by atoms with Crippen LogP contribution in [0.4, 0.5) is 11.4 Å². The van der Waals surface area contributed by atoms with Crippen molar-refractivity contribution in [3.05, 3.63) is 100 Å². The van der Waals surface area contributed by atoms with Crippen LogP contribution in [0.2, 0.25) is 0 Å². The summed E-state index contributed by atoms with van der Waals surface area (Å²) < 4.78 is 0. The van der Waals surface area contributed by atoms with Crippen LogP contribution in [0.5, 0.6) is 0 Å². The van der Waals surface area contributed by atoms with E-state index in [1.165, 1.54) is 6.07 Å². The van der Waals surface area contributed by atoms with Crippen molar-refractivity contribution < 1.29 is 20.0 Å². The molecular formula is C24H26N4O4. The van der Waals surface area contributed by atoms with Gasteiger partial charge in [0.05, 0.1) is 0 Å². The molecule has 0 aliphatic heterocycles. The molecule has 0 aliphatic rings. The normalized spacial score (nSPS) is 11.6. The number of nitrogen functional groups attached to an aromatic ring is 1. The van der Waals surface area contributed by atoms with Crippen LogP contribution in [-0.4, -0.2) is 30.1 Å². The van der Waals surface area contributed by atoms with Crippen LogP contribution in [0, 0.1) is 5.21 Å². The zero-order valence-electron chi connectivity index (χ0n) is 17.5. The zero-order chi connectivity index (χ0) is 22.9. The Morgan fingerprint density at radius 2 is 1.28 bits per heavy atom. The van der Waals surface area contributed by atoms with Gasteiger partial charge in [0.25, 0.3) is 11.8 Å². The molecule has 0 aliphatic carbocycles. The van der Waals surface area contributed by atoms with Gasteiger partial charge in [-0.15, -0.1) is 0 Å². The van der Waals surface area contributed by atoms with Crippen molar-refractivity contribution in [1.29, 1.82) is 0 Å². The molecule has 0 bridgehead atoms. The number of amides is 2. The van der Waals surface area contributed by atoms with Gasteiger partial charge in [0.2, 0.25) is 0 Å². The average molecular weight is 434 g/mol. The first-order valence-electron chi connectivity index (χ1n) is 10.3. The number of quaternary nitrogens is 1. The number of nitrogens with two attached hydrogens (primary N) is 1. The molecule has 0 saturated carbocycles. The van der Waals surface area contributed by atoms with Crippen molar-refractivity contribution >= 4 is 23.2 Å². The molecule has 8 nitrogen and oxygen atoms in total. The molecule has 0 aromatic heterocycles. The topological polar surface area (TPSA) is 132 Å². The van der Waals surface area contributed by atoms with E-state index >= 15 is 0 Å². The molecule has 0 saturated heterocycles. The summed E-state index contributed by atoms with van der Waals surface area (Å²) in [4.78, 5) is 24.4. The second-order valence-electron chi connectivity index (χ2n) is 7.26. The highest BCUT2D eigenvalue weighted by Crippen LogP contribution is 2.22. The van der Waals surface area contributed by atoms with E-state index in [1.54, 1.807) is 54.6 Å². The number of hydrogen-bond acceptors (Lipinski definition) is 5. The Balaban J connectivity index is 1.63. The summed E-state index contributed by atoms with van der Waals surface area (Å²) in [6, 6.07) is 20.9. The van der Waals surface area contributed by atoms with E-state index in [-0.39, 0.29) is 24.0 Å². The average Bonchev–Trinajstić information content (AvgIpc) is 2.81. The van der Waals surface area contributed by atoms with E-state index in [4.69, 9.17) is 5.73 Å². The minimum absolute atomic E-state index is 0.105. The molecule has 6 N–H and O–H groups in total. The molecule has 0 fully saturated rings. The fourth-order valence-electron chi connectivity index (χ4n) is 3.34. The fourth-order valence-corrected chi connectivity index (χ4v) is 3.34. The van der Waals surface area contributed by atoms with E-state index < -0.39 is 5.23 Å². The van der Waals surface area contributed by atoms with Gasteiger partial charge < -0.3 is 21.6 Å². The fraction of sp³-hybridized carbons (Fsp3) is 0.167. The highest BCUT2D eigenvalue weighted by molar-refractivity contribution is 5.94. The van der Waals surface area contributed by atoms with Crippen LogP contribution in [0.15, 0.2) is 72.8 Å². The third-order valence-corrected chi connectivity index (χ3v) is 5.03. The summed E-state index contributed by atoms with van der Waals surface area (Å²) in [5.74, 6) is -0.406. The van der Waals surface area contributed by atoms with Crippen LogP contribution in [-0.2, 0) is 12.8 Å². The van der Waals surface area contributed by atoms with Crippen molar-refractivity contribution in [2.75, 3.05) is 18.8 Å². The van der Waals surface area contributed by atoms with E-state index in [0.29, 0.717) is 41.8 Å². The summed E-state index contributed by atoms with van der Waals surface area (Å²) in [5, 5.41) is 25.8. The lowest BCUT2D eigenvalue weighted by atomic mass is 10.0. The van der Waals surface area contributed by atoms with Gasteiger partial charge in [-0.3, -0.25) is 9.59 Å². The zero-order valence-corrected chi connectivity index (χ0v) is 17.5. The molecule has 166 valence electrons. The minimum Gasteiger partial charge on any atom is -0.595 e. The monoisotopic (exact) mass is 434 g/mol. The Morgan fingerprint density at radius 3 is 1.75 bits per heavy atom. The van der Waals surface area contributed by atoms with Crippen LogP contribution in [0.1, 0.15) is 31.8 Å². The lowest BCUT2D eigenvalue weighted by Crippen LogP contribution is -2.99. The number of anilines is 1. The summed E-state index contributed by atoms with van der Waals surface area (Å²) >= 11 is 0. The second kappa shape index (κ2) is 11.1. The van der Waals surface area contributed by atoms with Gasteiger partial charge in [0.1, 0.15) is 0 Å². The SMILES string of the molecule is Nc1cc([NH+]([O-])O)c(CCNC(=O)c2ccccc2)cc1CCNC(=O)c1ccccc1. The number of nitrogens with one attached hydrogen (secondary N) is 3. The molecule has 32 heavy (non-hydrogen) atoms. The maximum Gasteiger partial charge on any atom is 0.251 e. The predicted octanol–water partition coefficient (Wildman–Crippen LogP) is 1.62. The van der Waals surface area contributed by atoms with Crippen molar-refractivity contribution in [2.45, 2.75) is 12.8 Å². The van der Waals surface area contributed by atoms with Crippen LogP contribution >= 0.6 is 0 Å². The minimum atomic E-state index is -1.08. The number of rotatable bonds is 9. The maximum atomic E-state index is 12.2. The first kappa shape index (κ1) is 23.0. The number of carbonyl (C=O) groups excluding carboxylic acids is 2. The van der Waals surface area contributed by atoms with E-state index in [1.807, 2.05) is 12.1 Å². The van der Waals surface area contributed by atoms with Crippen LogP contribution in [0.3, 0.4) is 0 Å². The van der Waals surface area contributed by atoms with E-state index in [2.05, 4.69) is 10.6 Å². The van der Waals surface area contributed by atoms with Crippen molar-refractivity contribution in [3.63, 3.8) is 0 Å². The Bertz CT molecular complexity index is 1060. The van der Waals surface area contributed by atoms with Gasteiger partial charge >= 0.3 is 0 Å². The third-order valence-electron chi connectivity index (χ3n) is 5.03. The molecule has 2 amide bonds. The molecule has 0 spiro atoms. The first-order valence-corrected chi connectivity index (χ1v) is 10.3. The Morgan fingerprint density at radius 1 is 0.812 bits per heavy atom. The number of carbonyl (C=O) groups is 2. The second-order valence-corrected chi connectivity index (χ2v) is 7.26. The lowest BCUT2D eigenvalue weighted by Gasteiger charge is -2.18. The summed E-state index contributed by atoms with van der Waals surface area (Å²) in [6.07, 6.45) is 0.789. The maximum absolute atomic E-state index is 12.2. The standard InChI is InChI=1S/C24H26N4O4/c25-21-16-22(28(31)32)20(12-14-27-24(30)18-9-5-2-6-10-18)15-19(21)11-13-26-23(29)17-7-3-1-4-8-17/h1-10,15-16,28,31H,11-14,25H2,(H,26,29)(H,27,30). The van der Waals surface area contributed by atoms with Gasteiger partial charge in [-0.2, -0.15) is 5.23 Å². The molecule has 0 heterocycles. The van der Waals surface area contributed by atoms with Crippen LogP contribution in [0.25, 0.3) is 0 Å². The largest absolute Gasteiger partial charge is 0.595 e. The van der Waals surface area contributed by atoms with Gasteiger partial charge in [-0.25, -0.2) is 5.21 Å². The van der Waals surface area contributed by atoms with Crippen LogP contribution < -0.4 is 21.6 Å². The molecule has 8 heteroatoms. The van der Waals surface area contributed by atoms with Gasteiger partial charge in [0, 0.05) is 41.5 Å². The molecular weight excluding hydrogens is 408 g/mol. The lowest BCUT2D eigenvalue weighted by molar-refractivity contribution is -0.991. The summed E-state index contributed by atoms with van der Waals surface area (Å²) in [6.45, 7) is 0.636. The molecule has 3 aromatic carbocycles. The smallest absolute Gasteiger partial charge is 0.251 e.